The van der Waals surface area contributed by atoms with Gasteiger partial charge >= 0.3 is 12.1 Å². The Bertz CT molecular complexity index is 837. The van der Waals surface area contributed by atoms with E-state index < -0.39 is 12.1 Å². The minimum absolute atomic E-state index is 0.347. The topological polar surface area (TPSA) is 71.9 Å². The van der Waals surface area contributed by atoms with E-state index in [0.29, 0.717) is 29.6 Å². The quantitative estimate of drug-likeness (QED) is 0.722. The molecule has 2 aromatic heterocycles. The maximum Gasteiger partial charge on any atom is 0.490 e. The zero-order chi connectivity index (χ0) is 21.7. The summed E-state index contributed by atoms with van der Waals surface area (Å²) in [5.74, 6) is -1.03. The Balaban J connectivity index is 0.000000318. The molecule has 0 amide bonds. The van der Waals surface area contributed by atoms with Gasteiger partial charge in [-0.15, -0.1) is 0 Å². The van der Waals surface area contributed by atoms with Crippen LogP contribution in [-0.2, 0) is 16.1 Å². The predicted octanol–water partition coefficient (Wildman–Crippen LogP) is 3.96. The number of halogens is 4. The van der Waals surface area contributed by atoms with Gasteiger partial charge < -0.3 is 14.6 Å². The molecule has 2 aliphatic heterocycles. The third kappa shape index (κ3) is 6.31. The first-order chi connectivity index (χ1) is 14.2. The highest BCUT2D eigenvalue weighted by Crippen LogP contribution is 2.35. The van der Waals surface area contributed by atoms with Crippen LogP contribution in [0.5, 0.6) is 5.75 Å². The van der Waals surface area contributed by atoms with Crippen LogP contribution in [0.2, 0.25) is 5.02 Å². The SMILES string of the molecule is Clc1cncc(OC[C@H]2CO[C@@H]3CN(Cc4ccsc4)C[C@H]23)c1.O=C(O)C(F)(F)F. The highest BCUT2D eigenvalue weighted by Gasteiger charge is 2.44. The number of rotatable bonds is 5. The molecule has 1 N–H and O–H groups in total. The van der Waals surface area contributed by atoms with E-state index in [9.17, 15) is 13.2 Å². The second-order valence-corrected chi connectivity index (χ2v) is 8.29. The number of pyridine rings is 1. The van der Waals surface area contributed by atoms with Crippen LogP contribution < -0.4 is 4.74 Å². The number of aliphatic carboxylic acids is 1. The van der Waals surface area contributed by atoms with Gasteiger partial charge in [-0.1, -0.05) is 11.6 Å². The third-order valence-corrected chi connectivity index (χ3v) is 5.83. The number of carbonyl (C=O) groups is 1. The number of ether oxygens (including phenoxy) is 2. The summed E-state index contributed by atoms with van der Waals surface area (Å²) >= 11 is 7.70. The standard InChI is InChI=1S/C17H19ClN2O2S.C2HF3O2/c18-14-3-15(5-19-4-14)21-9-13-10-22-17-8-20(7-16(13)17)6-12-1-2-23-11-12;3-2(4,5)1(6)7/h1-5,11,13,16-17H,6-10H2;(H,6,7)/t13-,16+,17+;/m0./s1. The molecule has 4 rings (SSSR count). The number of likely N-dealkylation sites (tertiary alicyclic amines) is 1. The van der Waals surface area contributed by atoms with Gasteiger partial charge in [0.2, 0.25) is 0 Å². The van der Waals surface area contributed by atoms with Gasteiger partial charge in [0.25, 0.3) is 0 Å². The van der Waals surface area contributed by atoms with Crippen molar-refractivity contribution >= 4 is 28.9 Å². The fraction of sp³-hybridized carbons (Fsp3) is 0.474. The van der Waals surface area contributed by atoms with Crippen molar-refractivity contribution in [2.75, 3.05) is 26.3 Å². The molecule has 0 bridgehead atoms. The molecule has 0 aliphatic carbocycles. The van der Waals surface area contributed by atoms with Gasteiger partial charge in [-0.2, -0.15) is 24.5 Å². The largest absolute Gasteiger partial charge is 0.492 e. The van der Waals surface area contributed by atoms with Crippen LogP contribution in [0.4, 0.5) is 13.2 Å². The van der Waals surface area contributed by atoms with Crippen LogP contribution in [0.15, 0.2) is 35.3 Å². The number of carboxylic acid groups (broad SMARTS) is 1. The van der Waals surface area contributed by atoms with Gasteiger partial charge in [-0.05, 0) is 22.4 Å². The van der Waals surface area contributed by atoms with Crippen LogP contribution in [0.1, 0.15) is 5.56 Å². The van der Waals surface area contributed by atoms with Crippen molar-refractivity contribution in [3.05, 3.63) is 45.9 Å². The number of fused-ring (bicyclic) bond motifs is 1. The van der Waals surface area contributed by atoms with Gasteiger partial charge in [0.05, 0.1) is 30.5 Å². The summed E-state index contributed by atoms with van der Waals surface area (Å²) in [7, 11) is 0. The molecule has 4 heterocycles. The molecule has 0 unspecified atom stereocenters. The summed E-state index contributed by atoms with van der Waals surface area (Å²) in [5.41, 5.74) is 1.40. The lowest BCUT2D eigenvalue weighted by molar-refractivity contribution is -0.192. The average Bonchev–Trinajstić information content (AvgIpc) is 3.38. The number of alkyl halides is 3. The van der Waals surface area contributed by atoms with Crippen LogP contribution in [0.25, 0.3) is 0 Å². The lowest BCUT2D eigenvalue weighted by Gasteiger charge is -2.19. The average molecular weight is 465 g/mol. The van der Waals surface area contributed by atoms with E-state index in [4.69, 9.17) is 31.0 Å². The summed E-state index contributed by atoms with van der Waals surface area (Å²) in [5, 5.41) is 12.1. The zero-order valence-electron chi connectivity index (χ0n) is 15.7. The monoisotopic (exact) mass is 464 g/mol. The van der Waals surface area contributed by atoms with E-state index in [0.717, 1.165) is 32.0 Å². The zero-order valence-corrected chi connectivity index (χ0v) is 17.3. The van der Waals surface area contributed by atoms with Crippen LogP contribution in [0, 0.1) is 11.8 Å². The molecule has 6 nitrogen and oxygen atoms in total. The maximum absolute atomic E-state index is 10.6. The van der Waals surface area contributed by atoms with Gasteiger partial charge in [-0.25, -0.2) is 4.79 Å². The summed E-state index contributed by atoms with van der Waals surface area (Å²) in [6, 6.07) is 4.01. The Labute approximate surface area is 180 Å². The van der Waals surface area contributed by atoms with Crippen molar-refractivity contribution in [2.45, 2.75) is 18.8 Å². The molecule has 2 aliphatic rings. The van der Waals surface area contributed by atoms with E-state index >= 15 is 0 Å². The first-order valence-electron chi connectivity index (χ1n) is 9.11. The van der Waals surface area contributed by atoms with Crippen molar-refractivity contribution in [2.24, 2.45) is 11.8 Å². The highest BCUT2D eigenvalue weighted by atomic mass is 35.5. The van der Waals surface area contributed by atoms with Crippen molar-refractivity contribution in [3.8, 4) is 5.75 Å². The number of hydrogen-bond donors (Lipinski definition) is 1. The number of nitrogens with zero attached hydrogens (tertiary/aromatic N) is 2. The second kappa shape index (κ2) is 9.95. The first-order valence-corrected chi connectivity index (χ1v) is 10.4. The Morgan fingerprint density at radius 1 is 1.40 bits per heavy atom. The summed E-state index contributed by atoms with van der Waals surface area (Å²) in [6.07, 6.45) is -1.42. The van der Waals surface area contributed by atoms with E-state index in [1.54, 1.807) is 29.8 Å². The fourth-order valence-corrected chi connectivity index (χ4v) is 4.32. The Hall–Kier alpha value is -1.88. The molecule has 0 spiro atoms. The smallest absolute Gasteiger partial charge is 0.490 e. The van der Waals surface area contributed by atoms with E-state index in [1.807, 2.05) is 0 Å². The molecule has 164 valence electrons. The maximum atomic E-state index is 10.6. The molecule has 30 heavy (non-hydrogen) atoms. The predicted molar refractivity (Wildman–Crippen MR) is 105 cm³/mol. The second-order valence-electron chi connectivity index (χ2n) is 7.07. The summed E-state index contributed by atoms with van der Waals surface area (Å²) in [6.45, 7) is 4.58. The molecule has 3 atom stereocenters. The lowest BCUT2D eigenvalue weighted by atomic mass is 9.94. The summed E-state index contributed by atoms with van der Waals surface area (Å²) in [4.78, 5) is 15.4. The van der Waals surface area contributed by atoms with E-state index in [-0.39, 0.29) is 0 Å². The third-order valence-electron chi connectivity index (χ3n) is 4.89. The van der Waals surface area contributed by atoms with Crippen molar-refractivity contribution in [1.29, 1.82) is 0 Å². The van der Waals surface area contributed by atoms with Gasteiger partial charge in [0, 0.05) is 43.7 Å². The van der Waals surface area contributed by atoms with Crippen molar-refractivity contribution in [1.82, 2.24) is 9.88 Å². The van der Waals surface area contributed by atoms with Gasteiger partial charge in [0.1, 0.15) is 5.75 Å². The summed E-state index contributed by atoms with van der Waals surface area (Å²) < 4.78 is 43.6. The van der Waals surface area contributed by atoms with Gasteiger partial charge in [-0.3, -0.25) is 9.88 Å². The molecular weight excluding hydrogens is 445 g/mol. The molecule has 11 heteroatoms. The number of aromatic nitrogens is 1. The first kappa shape index (κ1) is 22.8. The molecule has 2 fully saturated rings. The van der Waals surface area contributed by atoms with Crippen LogP contribution >= 0.6 is 22.9 Å². The highest BCUT2D eigenvalue weighted by molar-refractivity contribution is 7.07. The van der Waals surface area contributed by atoms with Gasteiger partial charge in [0.15, 0.2) is 0 Å². The lowest BCUT2D eigenvalue weighted by Crippen LogP contribution is -2.26. The Morgan fingerprint density at radius 2 is 2.17 bits per heavy atom. The van der Waals surface area contributed by atoms with E-state index in [2.05, 4.69) is 26.7 Å². The Morgan fingerprint density at radius 3 is 2.80 bits per heavy atom. The van der Waals surface area contributed by atoms with E-state index in [1.165, 1.54) is 5.56 Å². The van der Waals surface area contributed by atoms with Crippen LogP contribution in [0.3, 0.4) is 0 Å². The minimum atomic E-state index is -5.08. The molecule has 0 aromatic carbocycles. The molecular formula is C19H20ClF3N2O4S. The molecule has 2 saturated heterocycles. The molecule has 2 aromatic rings. The molecule has 0 radical (unpaired) electrons. The van der Waals surface area contributed by atoms with Crippen LogP contribution in [-0.4, -0.2) is 59.5 Å². The fourth-order valence-electron chi connectivity index (χ4n) is 3.50. The normalized spacial score (nSPS) is 23.5. The van der Waals surface area contributed by atoms with Crippen molar-refractivity contribution < 1.29 is 32.5 Å². The number of carboxylic acids is 1. The van der Waals surface area contributed by atoms with Crippen molar-refractivity contribution in [3.63, 3.8) is 0 Å². The molecule has 0 saturated carbocycles. The Kier molecular flexibility index (Phi) is 7.56. The number of hydrogen-bond acceptors (Lipinski definition) is 6. The minimum Gasteiger partial charge on any atom is -0.492 e. The number of thiophene rings is 1.